The van der Waals surface area contributed by atoms with Crippen molar-refractivity contribution in [1.29, 1.82) is 0 Å². The highest BCUT2D eigenvalue weighted by atomic mass is 19.1. The Morgan fingerprint density at radius 3 is 2.61 bits per heavy atom. The van der Waals surface area contributed by atoms with Crippen LogP contribution in [0.1, 0.15) is 41.6 Å². The minimum Gasteiger partial charge on any atom is -0.349 e. The molecule has 0 heterocycles. The maximum absolute atomic E-state index is 13.9. The number of rotatable bonds is 3. The van der Waals surface area contributed by atoms with E-state index in [1.165, 1.54) is 12.1 Å². The van der Waals surface area contributed by atoms with Crippen molar-refractivity contribution in [3.8, 4) is 0 Å². The molecule has 0 spiro atoms. The number of carbonyl (C=O) groups excluding carboxylic acids is 1. The summed E-state index contributed by atoms with van der Waals surface area (Å²) in [6.07, 6.45) is 5.10. The Labute approximate surface area is 105 Å². The third-order valence-corrected chi connectivity index (χ3v) is 3.26. The molecule has 1 fully saturated rings. The van der Waals surface area contributed by atoms with Gasteiger partial charge in [-0.15, -0.1) is 0 Å². The molecule has 1 aliphatic carbocycles. The van der Waals surface area contributed by atoms with Crippen LogP contribution in [0.15, 0.2) is 18.7 Å². The van der Waals surface area contributed by atoms with Crippen LogP contribution in [0.2, 0.25) is 0 Å². The summed E-state index contributed by atoms with van der Waals surface area (Å²) in [6, 6.07) is 2.39. The lowest BCUT2D eigenvalue weighted by Crippen LogP contribution is -2.33. The van der Waals surface area contributed by atoms with E-state index in [1.54, 1.807) is 0 Å². The summed E-state index contributed by atoms with van der Waals surface area (Å²) >= 11 is 0. The van der Waals surface area contributed by atoms with Crippen molar-refractivity contribution in [2.24, 2.45) is 0 Å². The zero-order chi connectivity index (χ0) is 13.1. The molecule has 0 unspecified atom stereocenters. The fourth-order valence-electron chi connectivity index (χ4n) is 2.26. The van der Waals surface area contributed by atoms with Gasteiger partial charge in [0.1, 0.15) is 17.2 Å². The molecule has 1 amide bonds. The fraction of sp³-hybridized carbons (Fsp3) is 0.357. The van der Waals surface area contributed by atoms with Gasteiger partial charge in [0, 0.05) is 11.6 Å². The topological polar surface area (TPSA) is 29.1 Å². The molecule has 0 aliphatic heterocycles. The first kappa shape index (κ1) is 12.7. The van der Waals surface area contributed by atoms with Crippen molar-refractivity contribution in [2.45, 2.75) is 31.7 Å². The van der Waals surface area contributed by atoms with Gasteiger partial charge < -0.3 is 5.32 Å². The minimum absolute atomic E-state index is 0.0312. The molecule has 1 aromatic carbocycles. The molecule has 2 nitrogen and oxygen atoms in total. The summed E-state index contributed by atoms with van der Waals surface area (Å²) in [5.74, 6) is -2.37. The van der Waals surface area contributed by atoms with Gasteiger partial charge in [-0.1, -0.05) is 25.5 Å². The molecule has 0 aromatic heterocycles. The van der Waals surface area contributed by atoms with Crippen LogP contribution >= 0.6 is 0 Å². The highest BCUT2D eigenvalue weighted by Gasteiger charge is 2.23. The maximum atomic E-state index is 13.9. The summed E-state index contributed by atoms with van der Waals surface area (Å²) in [6.45, 7) is 3.43. The van der Waals surface area contributed by atoms with E-state index >= 15 is 0 Å². The molecular weight excluding hydrogens is 236 g/mol. The predicted octanol–water partition coefficient (Wildman–Crippen LogP) is 3.28. The molecule has 0 radical (unpaired) electrons. The molecule has 4 heteroatoms. The van der Waals surface area contributed by atoms with Gasteiger partial charge in [0.05, 0.1) is 0 Å². The van der Waals surface area contributed by atoms with Gasteiger partial charge in [-0.25, -0.2) is 8.78 Å². The highest BCUT2D eigenvalue weighted by Crippen LogP contribution is 2.21. The molecule has 1 saturated carbocycles. The quantitative estimate of drug-likeness (QED) is 0.877. The van der Waals surface area contributed by atoms with Crippen molar-refractivity contribution in [3.63, 3.8) is 0 Å². The van der Waals surface area contributed by atoms with E-state index in [0.717, 1.165) is 31.7 Å². The van der Waals surface area contributed by atoms with Crippen LogP contribution in [-0.2, 0) is 0 Å². The summed E-state index contributed by atoms with van der Waals surface area (Å²) in [5, 5.41) is 2.67. The third-order valence-electron chi connectivity index (χ3n) is 3.26. The summed E-state index contributed by atoms with van der Waals surface area (Å²) in [4.78, 5) is 11.9. The van der Waals surface area contributed by atoms with Crippen molar-refractivity contribution < 1.29 is 13.6 Å². The zero-order valence-corrected chi connectivity index (χ0v) is 10.0. The number of hydrogen-bond donors (Lipinski definition) is 1. The molecule has 0 bridgehead atoms. The van der Waals surface area contributed by atoms with E-state index in [4.69, 9.17) is 0 Å². The van der Waals surface area contributed by atoms with Crippen LogP contribution in [0, 0.1) is 11.6 Å². The molecule has 0 saturated heterocycles. The fourth-order valence-corrected chi connectivity index (χ4v) is 2.26. The van der Waals surface area contributed by atoms with Crippen LogP contribution in [0.4, 0.5) is 8.78 Å². The SMILES string of the molecule is C=Cc1ccc(F)c(C(=O)NC2CCCC2)c1F. The Bertz CT molecular complexity index is 479. The Kier molecular flexibility index (Phi) is 3.75. The lowest BCUT2D eigenvalue weighted by atomic mass is 10.1. The third kappa shape index (κ3) is 2.42. The number of amides is 1. The van der Waals surface area contributed by atoms with Gasteiger partial charge in [0.15, 0.2) is 0 Å². The van der Waals surface area contributed by atoms with Gasteiger partial charge in [0.25, 0.3) is 5.91 Å². The highest BCUT2D eigenvalue weighted by molar-refractivity contribution is 5.95. The van der Waals surface area contributed by atoms with Crippen LogP contribution in [0.25, 0.3) is 6.08 Å². The van der Waals surface area contributed by atoms with Crippen molar-refractivity contribution in [2.75, 3.05) is 0 Å². The number of carbonyl (C=O) groups is 1. The van der Waals surface area contributed by atoms with Gasteiger partial charge in [-0.05, 0) is 25.0 Å². The molecule has 1 N–H and O–H groups in total. The normalized spacial score (nSPS) is 15.7. The smallest absolute Gasteiger partial charge is 0.257 e. The van der Waals surface area contributed by atoms with Crippen molar-refractivity contribution >= 4 is 12.0 Å². The van der Waals surface area contributed by atoms with Gasteiger partial charge in [0.2, 0.25) is 0 Å². The van der Waals surface area contributed by atoms with Crippen LogP contribution < -0.4 is 5.32 Å². The second-order valence-corrected chi connectivity index (χ2v) is 4.48. The summed E-state index contributed by atoms with van der Waals surface area (Å²) < 4.78 is 27.4. The van der Waals surface area contributed by atoms with Gasteiger partial charge >= 0.3 is 0 Å². The monoisotopic (exact) mass is 251 g/mol. The molecule has 18 heavy (non-hydrogen) atoms. The molecule has 0 atom stereocenters. The lowest BCUT2D eigenvalue weighted by molar-refractivity contribution is 0.0929. The first-order chi connectivity index (χ1) is 8.63. The Morgan fingerprint density at radius 2 is 2.00 bits per heavy atom. The van der Waals surface area contributed by atoms with Crippen molar-refractivity contribution in [3.05, 3.63) is 41.5 Å². The lowest BCUT2D eigenvalue weighted by Gasteiger charge is -2.13. The molecular formula is C14H15F2NO. The van der Waals surface area contributed by atoms with E-state index < -0.39 is 23.1 Å². The van der Waals surface area contributed by atoms with Crippen LogP contribution in [0.3, 0.4) is 0 Å². The second-order valence-electron chi connectivity index (χ2n) is 4.48. The van der Waals surface area contributed by atoms with E-state index in [0.29, 0.717) is 0 Å². The van der Waals surface area contributed by atoms with E-state index in [9.17, 15) is 13.6 Å². The maximum Gasteiger partial charge on any atom is 0.257 e. The van der Waals surface area contributed by atoms with Crippen LogP contribution in [0.5, 0.6) is 0 Å². The minimum atomic E-state index is -0.847. The zero-order valence-electron chi connectivity index (χ0n) is 10.0. The second kappa shape index (κ2) is 5.29. The standard InChI is InChI=1S/C14H15F2NO/c1-2-9-7-8-11(15)12(13(9)16)14(18)17-10-5-3-4-6-10/h2,7-8,10H,1,3-6H2,(H,17,18). The van der Waals surface area contributed by atoms with Gasteiger partial charge in [-0.2, -0.15) is 0 Å². The number of nitrogens with one attached hydrogen (secondary N) is 1. The summed E-state index contributed by atoms with van der Waals surface area (Å²) in [7, 11) is 0. The number of halogens is 2. The molecule has 1 aliphatic rings. The molecule has 2 rings (SSSR count). The first-order valence-electron chi connectivity index (χ1n) is 6.04. The average molecular weight is 251 g/mol. The van der Waals surface area contributed by atoms with Crippen LogP contribution in [-0.4, -0.2) is 11.9 Å². The van der Waals surface area contributed by atoms with E-state index in [2.05, 4.69) is 11.9 Å². The van der Waals surface area contributed by atoms with E-state index in [-0.39, 0.29) is 11.6 Å². The Hall–Kier alpha value is -1.71. The van der Waals surface area contributed by atoms with Crippen molar-refractivity contribution in [1.82, 2.24) is 5.32 Å². The average Bonchev–Trinajstić information content (AvgIpc) is 2.82. The summed E-state index contributed by atoms with van der Waals surface area (Å²) in [5.41, 5.74) is -0.382. The number of hydrogen-bond acceptors (Lipinski definition) is 1. The molecule has 96 valence electrons. The Morgan fingerprint density at radius 1 is 1.33 bits per heavy atom. The van der Waals surface area contributed by atoms with Gasteiger partial charge in [-0.3, -0.25) is 4.79 Å². The Balaban J connectivity index is 2.25. The first-order valence-corrected chi connectivity index (χ1v) is 6.04. The van der Waals surface area contributed by atoms with E-state index in [1.807, 2.05) is 0 Å². The largest absolute Gasteiger partial charge is 0.349 e. The predicted molar refractivity (Wildman–Crippen MR) is 66.2 cm³/mol. The number of benzene rings is 1. The molecule has 1 aromatic rings.